The van der Waals surface area contributed by atoms with Crippen molar-refractivity contribution in [2.45, 2.75) is 71.3 Å². The molecule has 0 atom stereocenters. The second kappa shape index (κ2) is 7.28. The minimum Gasteiger partial charge on any atom is -0.395 e. The van der Waals surface area contributed by atoms with E-state index in [-0.39, 0.29) is 12.5 Å². The van der Waals surface area contributed by atoms with E-state index < -0.39 is 5.54 Å². The van der Waals surface area contributed by atoms with Crippen molar-refractivity contribution in [3.8, 4) is 0 Å². The van der Waals surface area contributed by atoms with Crippen LogP contribution in [0, 0.1) is 19.8 Å². The van der Waals surface area contributed by atoms with Crippen molar-refractivity contribution in [1.29, 1.82) is 0 Å². The predicted molar refractivity (Wildman–Crippen MR) is 95.3 cm³/mol. The van der Waals surface area contributed by atoms with Crippen molar-refractivity contribution in [3.05, 3.63) is 22.9 Å². The lowest BCUT2D eigenvalue weighted by Gasteiger charge is -2.25. The Morgan fingerprint density at radius 3 is 2.60 bits per heavy atom. The largest absolute Gasteiger partial charge is 0.395 e. The summed E-state index contributed by atoms with van der Waals surface area (Å²) in [5, 5.41) is 13.9. The van der Waals surface area contributed by atoms with Gasteiger partial charge in [0, 0.05) is 18.5 Å². The molecule has 1 spiro atoms. The highest BCUT2D eigenvalue weighted by Crippen LogP contribution is 2.40. The van der Waals surface area contributed by atoms with E-state index >= 15 is 0 Å². The average molecular weight is 346 g/mol. The van der Waals surface area contributed by atoms with Gasteiger partial charge in [-0.1, -0.05) is 31.3 Å². The van der Waals surface area contributed by atoms with Gasteiger partial charge in [0.25, 0.3) is 5.91 Å². The van der Waals surface area contributed by atoms with E-state index in [1.807, 2.05) is 13.8 Å². The van der Waals surface area contributed by atoms with Gasteiger partial charge >= 0.3 is 0 Å². The van der Waals surface area contributed by atoms with Gasteiger partial charge in [0.05, 0.1) is 18.2 Å². The molecule has 1 radical (unpaired) electrons. The lowest BCUT2D eigenvalue weighted by molar-refractivity contribution is -0.130. The summed E-state index contributed by atoms with van der Waals surface area (Å²) < 4.78 is 5.40. The molecular weight excluding hydrogens is 318 g/mol. The zero-order valence-corrected chi connectivity index (χ0v) is 15.5. The van der Waals surface area contributed by atoms with Crippen LogP contribution in [-0.2, 0) is 4.79 Å². The first-order valence-electron chi connectivity index (χ1n) is 9.32. The lowest BCUT2D eigenvalue weighted by Crippen LogP contribution is -2.43. The van der Waals surface area contributed by atoms with E-state index in [4.69, 9.17) is 9.52 Å². The Hall–Kier alpha value is -1.69. The molecular formula is C19H28N3O3. The van der Waals surface area contributed by atoms with Crippen LogP contribution in [0.3, 0.4) is 0 Å². The fraction of sp³-hybridized carbons (Fsp3) is 0.684. The van der Waals surface area contributed by atoms with Crippen LogP contribution in [0.4, 0.5) is 0 Å². The quantitative estimate of drug-likeness (QED) is 0.823. The van der Waals surface area contributed by atoms with Crippen molar-refractivity contribution in [3.63, 3.8) is 0 Å². The first kappa shape index (κ1) is 18.1. The van der Waals surface area contributed by atoms with E-state index in [9.17, 15) is 9.90 Å². The van der Waals surface area contributed by atoms with Crippen molar-refractivity contribution in [1.82, 2.24) is 10.1 Å². The maximum absolute atomic E-state index is 13.1. The highest BCUT2D eigenvalue weighted by Gasteiger charge is 2.50. The van der Waals surface area contributed by atoms with Gasteiger partial charge in [-0.25, -0.2) is 0 Å². The fourth-order valence-corrected chi connectivity index (χ4v) is 3.83. The Bertz CT molecular complexity index is 659. The second-order valence-corrected chi connectivity index (χ2v) is 7.25. The number of amidine groups is 1. The minimum atomic E-state index is -0.546. The molecule has 137 valence electrons. The third-order valence-corrected chi connectivity index (χ3v) is 5.50. The summed E-state index contributed by atoms with van der Waals surface area (Å²) in [5.74, 6) is 2.24. The predicted octanol–water partition coefficient (Wildman–Crippen LogP) is 2.95. The highest BCUT2D eigenvalue weighted by atomic mass is 16.5. The zero-order valence-electron chi connectivity index (χ0n) is 15.5. The molecule has 1 aliphatic carbocycles. The Labute approximate surface area is 149 Å². The molecule has 0 aromatic carbocycles. The molecule has 1 aromatic heterocycles. The lowest BCUT2D eigenvalue weighted by atomic mass is 9.97. The molecule has 1 amide bonds. The summed E-state index contributed by atoms with van der Waals surface area (Å²) in [6.45, 7) is 6.11. The molecule has 1 fully saturated rings. The number of hydrogen-bond donors (Lipinski definition) is 1. The van der Waals surface area contributed by atoms with Crippen molar-refractivity contribution < 1.29 is 14.4 Å². The van der Waals surface area contributed by atoms with Crippen LogP contribution in [0.1, 0.15) is 68.9 Å². The Kier molecular flexibility index (Phi) is 5.27. The van der Waals surface area contributed by atoms with Crippen LogP contribution in [0.2, 0.25) is 0 Å². The fourth-order valence-electron chi connectivity index (χ4n) is 3.83. The summed E-state index contributed by atoms with van der Waals surface area (Å²) >= 11 is 0. The summed E-state index contributed by atoms with van der Waals surface area (Å²) in [7, 11) is 0. The number of aliphatic imine (C=N–C) groups is 1. The SMILES string of the molecule is CCCCC1=NC2(CCCC2)C(=O)N1C[C](CO)c1onc(C)c1C. The number of carbonyl (C=O) groups excluding carboxylic acids is 1. The Morgan fingerprint density at radius 1 is 1.32 bits per heavy atom. The van der Waals surface area contributed by atoms with Crippen LogP contribution in [-0.4, -0.2) is 45.6 Å². The van der Waals surface area contributed by atoms with Gasteiger partial charge in [0.15, 0.2) is 5.76 Å². The first-order chi connectivity index (χ1) is 12.0. The summed E-state index contributed by atoms with van der Waals surface area (Å²) in [6.07, 6.45) is 6.66. The smallest absolute Gasteiger partial charge is 0.255 e. The van der Waals surface area contributed by atoms with Gasteiger partial charge in [0.1, 0.15) is 11.4 Å². The third kappa shape index (κ3) is 3.24. The van der Waals surface area contributed by atoms with Gasteiger partial charge in [-0.05, 0) is 33.1 Å². The van der Waals surface area contributed by atoms with Crippen LogP contribution in [0.25, 0.3) is 0 Å². The molecule has 6 nitrogen and oxygen atoms in total. The number of aromatic nitrogens is 1. The normalized spacial score (nSPS) is 19.5. The topological polar surface area (TPSA) is 78.9 Å². The van der Waals surface area contributed by atoms with Gasteiger partial charge in [-0.2, -0.15) is 0 Å². The highest BCUT2D eigenvalue weighted by molar-refractivity contribution is 6.08. The number of nitrogens with zero attached hydrogens (tertiary/aromatic N) is 3. The van der Waals surface area contributed by atoms with E-state index in [0.717, 1.165) is 62.0 Å². The van der Waals surface area contributed by atoms with E-state index in [1.54, 1.807) is 4.90 Å². The molecule has 6 heteroatoms. The minimum absolute atomic E-state index is 0.0935. The third-order valence-electron chi connectivity index (χ3n) is 5.50. The maximum Gasteiger partial charge on any atom is 0.255 e. The molecule has 2 aliphatic rings. The molecule has 25 heavy (non-hydrogen) atoms. The Morgan fingerprint density at radius 2 is 2.04 bits per heavy atom. The Balaban J connectivity index is 1.84. The number of unbranched alkanes of at least 4 members (excludes halogenated alkanes) is 1. The standard InChI is InChI=1S/C19H28N3O3/c1-4-5-8-16-20-19(9-6-7-10-19)18(24)22(16)11-15(12-23)17-13(2)14(3)21-25-17/h23H,4-12H2,1-3H3. The van der Waals surface area contributed by atoms with E-state index in [2.05, 4.69) is 12.1 Å². The average Bonchev–Trinajstić information content (AvgIpc) is 3.28. The van der Waals surface area contributed by atoms with Crippen LogP contribution < -0.4 is 0 Å². The number of aliphatic hydroxyl groups is 1. The first-order valence-corrected chi connectivity index (χ1v) is 9.32. The number of hydrogen-bond acceptors (Lipinski definition) is 5. The van der Waals surface area contributed by atoms with Crippen LogP contribution in [0.5, 0.6) is 0 Å². The molecule has 0 bridgehead atoms. The monoisotopic (exact) mass is 346 g/mol. The maximum atomic E-state index is 13.1. The summed E-state index contributed by atoms with van der Waals surface area (Å²) in [6, 6.07) is 0. The molecule has 1 saturated carbocycles. The molecule has 1 aromatic rings. The molecule has 0 unspecified atom stereocenters. The molecule has 1 N–H and O–H groups in total. The second-order valence-electron chi connectivity index (χ2n) is 7.25. The summed E-state index contributed by atoms with van der Waals surface area (Å²) in [5.41, 5.74) is 1.18. The van der Waals surface area contributed by atoms with Gasteiger partial charge in [-0.3, -0.25) is 14.7 Å². The number of aryl methyl sites for hydroxylation is 1. The molecule has 3 rings (SSSR count). The van der Waals surface area contributed by atoms with E-state index in [1.165, 1.54) is 0 Å². The van der Waals surface area contributed by atoms with Crippen LogP contribution >= 0.6 is 0 Å². The number of rotatable bonds is 7. The van der Waals surface area contributed by atoms with Crippen LogP contribution in [0.15, 0.2) is 9.52 Å². The molecule has 1 aliphatic heterocycles. The molecule has 0 saturated heterocycles. The number of carbonyl (C=O) groups is 1. The molecule has 2 heterocycles. The summed E-state index contributed by atoms with van der Waals surface area (Å²) in [4.78, 5) is 19.8. The van der Waals surface area contributed by atoms with Crippen molar-refractivity contribution in [2.75, 3.05) is 13.2 Å². The number of amides is 1. The van der Waals surface area contributed by atoms with Gasteiger partial charge < -0.3 is 9.63 Å². The zero-order chi connectivity index (χ0) is 18.0. The number of aliphatic hydroxyl groups excluding tert-OH is 1. The van der Waals surface area contributed by atoms with E-state index in [0.29, 0.717) is 18.2 Å². The van der Waals surface area contributed by atoms with Crippen molar-refractivity contribution >= 4 is 11.7 Å². The van der Waals surface area contributed by atoms with Gasteiger partial charge in [-0.15, -0.1) is 0 Å². The van der Waals surface area contributed by atoms with Crippen molar-refractivity contribution in [2.24, 2.45) is 4.99 Å². The van der Waals surface area contributed by atoms with Gasteiger partial charge in [0.2, 0.25) is 0 Å².